The van der Waals surface area contributed by atoms with Crippen LogP contribution in [0, 0.1) is 19.7 Å². The molecular weight excluding hydrogens is 397 g/mol. The Labute approximate surface area is 170 Å². The van der Waals surface area contributed by atoms with Gasteiger partial charge in [-0.15, -0.1) is 11.8 Å². The number of pyridine rings is 1. The molecule has 0 unspecified atom stereocenters. The Balaban J connectivity index is 1.79. The van der Waals surface area contributed by atoms with Crippen molar-refractivity contribution in [2.45, 2.75) is 24.6 Å². The van der Waals surface area contributed by atoms with Crippen LogP contribution in [0.2, 0.25) is 0 Å². The number of rotatable bonds is 6. The van der Waals surface area contributed by atoms with E-state index in [1.807, 2.05) is 13.8 Å². The van der Waals surface area contributed by atoms with Gasteiger partial charge in [0.15, 0.2) is 0 Å². The van der Waals surface area contributed by atoms with E-state index >= 15 is 0 Å². The first kappa shape index (κ1) is 20.5. The van der Waals surface area contributed by atoms with Crippen molar-refractivity contribution in [1.82, 2.24) is 10.1 Å². The van der Waals surface area contributed by atoms with Gasteiger partial charge in [-0.05, 0) is 44.2 Å². The summed E-state index contributed by atoms with van der Waals surface area (Å²) in [6.07, 6.45) is 1.60. The van der Waals surface area contributed by atoms with Crippen molar-refractivity contribution in [2.24, 2.45) is 0 Å². The molecule has 0 radical (unpaired) electrons. The van der Waals surface area contributed by atoms with Crippen molar-refractivity contribution in [3.05, 3.63) is 70.5 Å². The number of benzene rings is 1. The van der Waals surface area contributed by atoms with Gasteiger partial charge in [0.2, 0.25) is 0 Å². The summed E-state index contributed by atoms with van der Waals surface area (Å²) in [5.74, 6) is -0.718. The molecule has 3 rings (SSSR count). The number of methoxy groups -OCH3 is 1. The van der Waals surface area contributed by atoms with Crippen LogP contribution in [-0.2, 0) is 10.5 Å². The van der Waals surface area contributed by atoms with Crippen LogP contribution >= 0.6 is 11.8 Å². The Morgan fingerprint density at radius 2 is 2.03 bits per heavy atom. The zero-order valence-corrected chi connectivity index (χ0v) is 16.8. The Morgan fingerprint density at radius 3 is 2.72 bits per heavy atom. The second kappa shape index (κ2) is 8.87. The zero-order chi connectivity index (χ0) is 21.0. The lowest BCUT2D eigenvalue weighted by Gasteiger charge is -2.10. The van der Waals surface area contributed by atoms with E-state index in [9.17, 15) is 14.0 Å². The molecule has 1 N–H and O–H groups in total. The minimum absolute atomic E-state index is 0.260. The Bertz CT molecular complexity index is 1050. The third kappa shape index (κ3) is 4.62. The summed E-state index contributed by atoms with van der Waals surface area (Å²) in [5, 5.41) is 7.11. The van der Waals surface area contributed by atoms with Crippen molar-refractivity contribution in [2.75, 3.05) is 12.4 Å². The predicted octanol–water partition coefficient (Wildman–Crippen LogP) is 4.16. The molecule has 29 heavy (non-hydrogen) atoms. The summed E-state index contributed by atoms with van der Waals surface area (Å²) in [6, 6.07) is 6.99. The molecule has 0 atom stereocenters. The van der Waals surface area contributed by atoms with Crippen LogP contribution in [0.3, 0.4) is 0 Å². The van der Waals surface area contributed by atoms with Crippen LogP contribution < -0.4 is 5.32 Å². The fourth-order valence-corrected chi connectivity index (χ4v) is 3.74. The number of aromatic nitrogens is 2. The van der Waals surface area contributed by atoms with Gasteiger partial charge in [-0.1, -0.05) is 5.16 Å². The number of thioether (sulfide) groups is 1. The molecule has 0 saturated carbocycles. The SMILES string of the molecule is COC(=O)c1cc(NC(=O)c2cccnc2SCc2c(C)noc2C)ccc1F. The second-order valence-corrected chi connectivity index (χ2v) is 7.05. The van der Waals surface area contributed by atoms with Gasteiger partial charge >= 0.3 is 5.97 Å². The van der Waals surface area contributed by atoms with E-state index in [0.29, 0.717) is 16.3 Å². The van der Waals surface area contributed by atoms with Crippen molar-refractivity contribution in [3.8, 4) is 0 Å². The van der Waals surface area contributed by atoms with Gasteiger partial charge in [-0.3, -0.25) is 4.79 Å². The van der Waals surface area contributed by atoms with Crippen molar-refractivity contribution >= 4 is 29.3 Å². The number of hydrogen-bond acceptors (Lipinski definition) is 7. The highest BCUT2D eigenvalue weighted by atomic mass is 32.2. The summed E-state index contributed by atoms with van der Waals surface area (Å²) in [4.78, 5) is 28.7. The van der Waals surface area contributed by atoms with E-state index in [-0.39, 0.29) is 11.3 Å². The van der Waals surface area contributed by atoms with Crippen LogP contribution in [0.4, 0.5) is 10.1 Å². The minimum atomic E-state index is -0.823. The fraction of sp³-hybridized carbons (Fsp3) is 0.200. The molecule has 3 aromatic rings. The first-order valence-electron chi connectivity index (χ1n) is 8.59. The number of halogens is 1. The molecule has 1 aromatic carbocycles. The topological polar surface area (TPSA) is 94.3 Å². The molecule has 0 aliphatic carbocycles. The van der Waals surface area contributed by atoms with E-state index < -0.39 is 17.7 Å². The van der Waals surface area contributed by atoms with Crippen LogP contribution in [0.25, 0.3) is 0 Å². The number of esters is 1. The number of ether oxygens (including phenoxy) is 1. The quantitative estimate of drug-likeness (QED) is 0.477. The van der Waals surface area contributed by atoms with Crippen LogP contribution in [0.15, 0.2) is 46.1 Å². The van der Waals surface area contributed by atoms with E-state index in [4.69, 9.17) is 4.52 Å². The number of hydrogen-bond donors (Lipinski definition) is 1. The van der Waals surface area contributed by atoms with E-state index in [1.54, 1.807) is 18.3 Å². The zero-order valence-electron chi connectivity index (χ0n) is 16.0. The number of nitrogens with one attached hydrogen (secondary N) is 1. The third-order valence-corrected chi connectivity index (χ3v) is 5.21. The molecule has 2 heterocycles. The molecule has 0 spiro atoms. The molecule has 9 heteroatoms. The average molecular weight is 415 g/mol. The van der Waals surface area contributed by atoms with E-state index in [0.717, 1.165) is 30.2 Å². The molecule has 150 valence electrons. The van der Waals surface area contributed by atoms with Crippen molar-refractivity contribution < 1.29 is 23.2 Å². The summed E-state index contributed by atoms with van der Waals surface area (Å²) in [6.45, 7) is 3.68. The Morgan fingerprint density at radius 1 is 1.24 bits per heavy atom. The average Bonchev–Trinajstić information content (AvgIpc) is 3.04. The number of aryl methyl sites for hydroxylation is 2. The van der Waals surface area contributed by atoms with Crippen LogP contribution in [0.5, 0.6) is 0 Å². The van der Waals surface area contributed by atoms with Crippen molar-refractivity contribution in [1.29, 1.82) is 0 Å². The van der Waals surface area contributed by atoms with Gasteiger partial charge in [-0.2, -0.15) is 0 Å². The number of carbonyl (C=O) groups is 2. The summed E-state index contributed by atoms with van der Waals surface area (Å²) < 4.78 is 23.5. The van der Waals surface area contributed by atoms with Crippen LogP contribution in [-0.4, -0.2) is 29.1 Å². The summed E-state index contributed by atoms with van der Waals surface area (Å²) in [5.41, 5.74) is 2.10. The molecule has 7 nitrogen and oxygen atoms in total. The minimum Gasteiger partial charge on any atom is -0.465 e. The number of anilines is 1. The van der Waals surface area contributed by atoms with E-state index in [1.165, 1.54) is 23.9 Å². The van der Waals surface area contributed by atoms with Gasteiger partial charge in [0.25, 0.3) is 5.91 Å². The van der Waals surface area contributed by atoms with Gasteiger partial charge in [0.1, 0.15) is 16.6 Å². The maximum absolute atomic E-state index is 13.8. The molecule has 0 saturated heterocycles. The standard InChI is InChI=1S/C20H18FN3O4S/c1-11-16(12(2)28-24-11)10-29-19-14(5-4-8-22-19)18(25)23-13-6-7-17(21)15(9-13)20(26)27-3/h4-9H,10H2,1-3H3,(H,23,25). The summed E-state index contributed by atoms with van der Waals surface area (Å²) in [7, 11) is 1.16. The second-order valence-electron chi connectivity index (χ2n) is 6.09. The molecule has 1 amide bonds. The molecule has 0 fully saturated rings. The largest absolute Gasteiger partial charge is 0.465 e. The fourth-order valence-electron chi connectivity index (χ4n) is 2.59. The van der Waals surface area contributed by atoms with Gasteiger partial charge < -0.3 is 14.6 Å². The first-order valence-corrected chi connectivity index (χ1v) is 9.58. The molecule has 2 aromatic heterocycles. The lowest BCUT2D eigenvalue weighted by atomic mass is 10.1. The predicted molar refractivity (Wildman–Crippen MR) is 105 cm³/mol. The van der Waals surface area contributed by atoms with Crippen molar-refractivity contribution in [3.63, 3.8) is 0 Å². The highest BCUT2D eigenvalue weighted by Gasteiger charge is 2.18. The summed E-state index contributed by atoms with van der Waals surface area (Å²) >= 11 is 1.38. The highest BCUT2D eigenvalue weighted by molar-refractivity contribution is 7.98. The smallest absolute Gasteiger partial charge is 0.340 e. The molecular formula is C20H18FN3O4S. The van der Waals surface area contributed by atoms with Gasteiger partial charge in [0.05, 0.1) is 23.9 Å². The molecule has 0 bridgehead atoms. The maximum Gasteiger partial charge on any atom is 0.340 e. The van der Waals surface area contributed by atoms with Gasteiger partial charge in [0, 0.05) is 23.2 Å². The number of amides is 1. The normalized spacial score (nSPS) is 10.6. The lowest BCUT2D eigenvalue weighted by Crippen LogP contribution is -2.14. The third-order valence-electron chi connectivity index (χ3n) is 4.18. The van der Waals surface area contributed by atoms with E-state index in [2.05, 4.69) is 20.2 Å². The monoisotopic (exact) mass is 415 g/mol. The first-order chi connectivity index (χ1) is 13.9. The lowest BCUT2D eigenvalue weighted by molar-refractivity contribution is 0.0595. The van der Waals surface area contributed by atoms with Gasteiger partial charge in [-0.25, -0.2) is 14.2 Å². The molecule has 0 aliphatic rings. The molecule has 0 aliphatic heterocycles. The highest BCUT2D eigenvalue weighted by Crippen LogP contribution is 2.28. The number of carbonyl (C=O) groups excluding carboxylic acids is 2. The number of nitrogens with zero attached hydrogens (tertiary/aromatic N) is 2. The Hall–Kier alpha value is -3.20. The maximum atomic E-state index is 13.8. The Kier molecular flexibility index (Phi) is 6.28. The van der Waals surface area contributed by atoms with Crippen LogP contribution in [0.1, 0.15) is 37.7 Å².